The van der Waals surface area contributed by atoms with Gasteiger partial charge in [-0.25, -0.2) is 9.97 Å². The molecule has 2 aliphatic rings. The Bertz CT molecular complexity index is 732. The molecule has 3 atom stereocenters. The normalized spacial score (nSPS) is 27.7. The molecule has 2 unspecified atom stereocenters. The van der Waals surface area contributed by atoms with Gasteiger partial charge in [0.25, 0.3) is 0 Å². The summed E-state index contributed by atoms with van der Waals surface area (Å²) < 4.78 is 0. The van der Waals surface area contributed by atoms with Crippen LogP contribution < -0.4 is 4.90 Å². The van der Waals surface area contributed by atoms with E-state index >= 15 is 0 Å². The molecule has 1 saturated carbocycles. The molecule has 0 bridgehead atoms. The highest BCUT2D eigenvalue weighted by atomic mass is 15.2. The number of H-pyrrole nitrogens is 1. The van der Waals surface area contributed by atoms with Crippen LogP contribution in [0.3, 0.4) is 0 Å². The number of nitrogens with zero attached hydrogens (tertiary/aromatic N) is 5. The van der Waals surface area contributed by atoms with Crippen LogP contribution in [-0.4, -0.2) is 52.6 Å². The number of nitriles is 1. The van der Waals surface area contributed by atoms with Crippen molar-refractivity contribution < 1.29 is 0 Å². The summed E-state index contributed by atoms with van der Waals surface area (Å²) in [6.07, 6.45) is 7.21. The van der Waals surface area contributed by atoms with Crippen molar-refractivity contribution in [3.8, 4) is 6.07 Å². The lowest BCUT2D eigenvalue weighted by Crippen LogP contribution is -2.38. The van der Waals surface area contributed by atoms with Crippen LogP contribution in [0.2, 0.25) is 0 Å². The van der Waals surface area contributed by atoms with E-state index < -0.39 is 0 Å². The number of rotatable bonds is 3. The Morgan fingerprint density at radius 1 is 1.39 bits per heavy atom. The number of piperidine rings is 1. The highest BCUT2D eigenvalue weighted by Gasteiger charge is 2.39. The van der Waals surface area contributed by atoms with Gasteiger partial charge in [0.2, 0.25) is 0 Å². The second-order valence-electron chi connectivity index (χ2n) is 6.88. The molecule has 0 spiro atoms. The number of likely N-dealkylation sites (tertiary alicyclic amines) is 1. The van der Waals surface area contributed by atoms with Gasteiger partial charge in [-0.2, -0.15) is 5.26 Å². The van der Waals surface area contributed by atoms with Gasteiger partial charge >= 0.3 is 0 Å². The highest BCUT2D eigenvalue weighted by molar-refractivity contribution is 5.87. The predicted molar refractivity (Wildman–Crippen MR) is 89.0 cm³/mol. The fourth-order valence-corrected chi connectivity index (χ4v) is 4.40. The summed E-state index contributed by atoms with van der Waals surface area (Å²) in [7, 11) is 2.16. The Hall–Kier alpha value is -2.13. The van der Waals surface area contributed by atoms with Crippen LogP contribution in [0.25, 0.3) is 11.0 Å². The van der Waals surface area contributed by atoms with E-state index in [2.05, 4.69) is 43.9 Å². The first-order valence-corrected chi connectivity index (χ1v) is 8.36. The summed E-state index contributed by atoms with van der Waals surface area (Å²) >= 11 is 0. The van der Waals surface area contributed by atoms with E-state index in [9.17, 15) is 0 Å². The summed E-state index contributed by atoms with van der Waals surface area (Å²) in [5.41, 5.74) is 0.900. The smallest absolute Gasteiger partial charge is 0.142 e. The molecule has 0 amide bonds. The minimum atomic E-state index is 0.528. The van der Waals surface area contributed by atoms with E-state index in [1.807, 2.05) is 6.20 Å². The zero-order chi connectivity index (χ0) is 15.8. The molecule has 0 radical (unpaired) electrons. The van der Waals surface area contributed by atoms with Crippen molar-refractivity contribution in [3.05, 3.63) is 18.6 Å². The van der Waals surface area contributed by atoms with Crippen molar-refractivity contribution in [1.82, 2.24) is 19.9 Å². The Balaban J connectivity index is 1.51. The molecule has 0 aromatic carbocycles. The number of hydrogen-bond donors (Lipinski definition) is 1. The second-order valence-corrected chi connectivity index (χ2v) is 6.88. The summed E-state index contributed by atoms with van der Waals surface area (Å²) in [6.45, 7) is 2.71. The largest absolute Gasteiger partial charge is 0.356 e. The average Bonchev–Trinajstić information content (AvgIpc) is 3.20. The number of aromatic nitrogens is 3. The van der Waals surface area contributed by atoms with E-state index in [-0.39, 0.29) is 0 Å². The molecule has 3 heterocycles. The zero-order valence-electron chi connectivity index (χ0n) is 13.4. The molecular weight excluding hydrogens is 288 g/mol. The molecule has 1 aliphatic heterocycles. The molecule has 6 heteroatoms. The van der Waals surface area contributed by atoms with Crippen molar-refractivity contribution in [1.29, 1.82) is 5.26 Å². The third-order valence-corrected chi connectivity index (χ3v) is 5.63. The summed E-state index contributed by atoms with van der Waals surface area (Å²) in [4.78, 5) is 16.6. The second kappa shape index (κ2) is 5.82. The molecule has 2 aromatic rings. The summed E-state index contributed by atoms with van der Waals surface area (Å²) in [6, 6.07) is 4.87. The van der Waals surface area contributed by atoms with Gasteiger partial charge in [0.15, 0.2) is 0 Å². The van der Waals surface area contributed by atoms with Crippen LogP contribution in [0.1, 0.15) is 19.3 Å². The van der Waals surface area contributed by atoms with Gasteiger partial charge in [-0.3, -0.25) is 4.90 Å². The average molecular weight is 310 g/mol. The standard InChI is InChI=1S/C17H22N6/c1-22(17-15-2-5-19-16(15)20-11-21-17)14-8-12-3-6-23(7-4-18)10-13(12)9-14/h2,5,11-14H,3,6-10H2,1H3,(H,19,20,21)/t12?,13-,14?/m1/s1. The maximum Gasteiger partial charge on any atom is 0.142 e. The molecular formula is C17H22N6. The molecule has 2 aromatic heterocycles. The first kappa shape index (κ1) is 14.5. The Labute approximate surface area is 136 Å². The fourth-order valence-electron chi connectivity index (χ4n) is 4.40. The fraction of sp³-hybridized carbons (Fsp3) is 0.588. The van der Waals surface area contributed by atoms with E-state index in [1.165, 1.54) is 19.3 Å². The van der Waals surface area contributed by atoms with Gasteiger partial charge in [-0.05, 0) is 43.7 Å². The maximum absolute atomic E-state index is 8.91. The Kier molecular flexibility index (Phi) is 3.66. The molecule has 120 valence electrons. The molecule has 1 N–H and O–H groups in total. The van der Waals surface area contributed by atoms with Crippen LogP contribution in [0, 0.1) is 23.2 Å². The van der Waals surface area contributed by atoms with Crippen LogP contribution in [-0.2, 0) is 0 Å². The van der Waals surface area contributed by atoms with Gasteiger partial charge in [-0.15, -0.1) is 0 Å². The Morgan fingerprint density at radius 3 is 3.13 bits per heavy atom. The first-order valence-electron chi connectivity index (χ1n) is 8.36. The van der Waals surface area contributed by atoms with Gasteiger partial charge in [0.1, 0.15) is 17.8 Å². The molecule has 1 aliphatic carbocycles. The van der Waals surface area contributed by atoms with E-state index in [0.717, 1.165) is 35.9 Å². The lowest BCUT2D eigenvalue weighted by molar-refractivity contribution is 0.153. The highest BCUT2D eigenvalue weighted by Crippen LogP contribution is 2.41. The maximum atomic E-state index is 8.91. The molecule has 4 rings (SSSR count). The van der Waals surface area contributed by atoms with Crippen molar-refractivity contribution in [3.63, 3.8) is 0 Å². The topological polar surface area (TPSA) is 71.8 Å². The van der Waals surface area contributed by atoms with Crippen molar-refractivity contribution in [2.24, 2.45) is 11.8 Å². The monoisotopic (exact) mass is 310 g/mol. The number of fused-ring (bicyclic) bond motifs is 2. The number of aromatic amines is 1. The van der Waals surface area contributed by atoms with E-state index in [0.29, 0.717) is 18.5 Å². The summed E-state index contributed by atoms with van der Waals surface area (Å²) in [5, 5.41) is 10.0. The van der Waals surface area contributed by atoms with Crippen LogP contribution in [0.4, 0.5) is 5.82 Å². The van der Waals surface area contributed by atoms with Gasteiger partial charge in [0, 0.05) is 25.8 Å². The molecule has 1 saturated heterocycles. The number of nitrogens with one attached hydrogen (secondary N) is 1. The van der Waals surface area contributed by atoms with Crippen LogP contribution >= 0.6 is 0 Å². The first-order chi connectivity index (χ1) is 11.3. The summed E-state index contributed by atoms with van der Waals surface area (Å²) in [5.74, 6) is 2.53. The molecule has 6 nitrogen and oxygen atoms in total. The zero-order valence-corrected chi connectivity index (χ0v) is 13.4. The van der Waals surface area contributed by atoms with Gasteiger partial charge < -0.3 is 9.88 Å². The van der Waals surface area contributed by atoms with Gasteiger partial charge in [0.05, 0.1) is 18.0 Å². The molecule has 23 heavy (non-hydrogen) atoms. The van der Waals surface area contributed by atoms with Crippen LogP contribution in [0.15, 0.2) is 18.6 Å². The minimum absolute atomic E-state index is 0.528. The van der Waals surface area contributed by atoms with Crippen molar-refractivity contribution in [2.45, 2.75) is 25.3 Å². The number of hydrogen-bond acceptors (Lipinski definition) is 5. The minimum Gasteiger partial charge on any atom is -0.356 e. The van der Waals surface area contributed by atoms with E-state index in [4.69, 9.17) is 5.26 Å². The van der Waals surface area contributed by atoms with E-state index in [1.54, 1.807) is 6.33 Å². The number of anilines is 1. The quantitative estimate of drug-likeness (QED) is 0.878. The SMILES string of the molecule is CN(c1ncnc2[nH]ccc12)C1CC2CCN(CC#N)C[C@H]2C1. The van der Waals surface area contributed by atoms with Gasteiger partial charge in [-0.1, -0.05) is 0 Å². The third-order valence-electron chi connectivity index (χ3n) is 5.63. The van der Waals surface area contributed by atoms with Crippen molar-refractivity contribution >= 4 is 16.9 Å². The predicted octanol–water partition coefficient (Wildman–Crippen LogP) is 2.02. The molecule has 2 fully saturated rings. The Morgan fingerprint density at radius 2 is 2.26 bits per heavy atom. The van der Waals surface area contributed by atoms with Crippen LogP contribution in [0.5, 0.6) is 0 Å². The lowest BCUT2D eigenvalue weighted by Gasteiger charge is -2.33. The third kappa shape index (κ3) is 2.55. The van der Waals surface area contributed by atoms with Crippen molar-refractivity contribution in [2.75, 3.05) is 31.6 Å². The lowest BCUT2D eigenvalue weighted by atomic mass is 9.89.